The summed E-state index contributed by atoms with van der Waals surface area (Å²) in [7, 11) is 0. The standard InChI is InChI=1S/C15H15F4N3OS/c1-2-24-12-5-9(20)6-22-13(12)11-4-3-10(7-21-11)23-8-15(18,19)14(16)17/h3-7,14H,2,8,20H2,1H3. The van der Waals surface area contributed by atoms with E-state index in [1.54, 1.807) is 6.07 Å². The highest BCUT2D eigenvalue weighted by Gasteiger charge is 2.41. The van der Waals surface area contributed by atoms with Crippen LogP contribution in [0.15, 0.2) is 35.5 Å². The third-order valence-electron chi connectivity index (χ3n) is 2.90. The molecule has 0 spiro atoms. The van der Waals surface area contributed by atoms with Crippen LogP contribution in [-0.2, 0) is 0 Å². The summed E-state index contributed by atoms with van der Waals surface area (Å²) in [4.78, 5) is 9.17. The molecule has 0 fully saturated rings. The summed E-state index contributed by atoms with van der Waals surface area (Å²) in [5.41, 5.74) is 7.33. The molecule has 4 nitrogen and oxygen atoms in total. The minimum atomic E-state index is -4.21. The number of hydrogen-bond acceptors (Lipinski definition) is 5. The van der Waals surface area contributed by atoms with Gasteiger partial charge in [0.25, 0.3) is 0 Å². The second-order valence-electron chi connectivity index (χ2n) is 4.78. The number of pyridine rings is 2. The third-order valence-corrected chi connectivity index (χ3v) is 3.81. The first kappa shape index (κ1) is 18.3. The van der Waals surface area contributed by atoms with Crippen molar-refractivity contribution in [2.45, 2.75) is 24.2 Å². The number of hydrogen-bond donors (Lipinski definition) is 1. The molecule has 2 N–H and O–H groups in total. The molecule has 2 aromatic heterocycles. The molecule has 0 aliphatic rings. The highest BCUT2D eigenvalue weighted by Crippen LogP contribution is 2.31. The fourth-order valence-corrected chi connectivity index (χ4v) is 2.59. The zero-order valence-corrected chi connectivity index (χ0v) is 13.5. The van der Waals surface area contributed by atoms with Crippen LogP contribution in [0.3, 0.4) is 0 Å². The number of nitrogens with two attached hydrogens (primary N) is 1. The van der Waals surface area contributed by atoms with E-state index in [4.69, 9.17) is 5.73 Å². The Bertz CT molecular complexity index is 683. The predicted molar refractivity (Wildman–Crippen MR) is 84.7 cm³/mol. The van der Waals surface area contributed by atoms with Crippen LogP contribution in [0, 0.1) is 0 Å². The van der Waals surface area contributed by atoms with Gasteiger partial charge in [0.1, 0.15) is 11.4 Å². The quantitative estimate of drug-likeness (QED) is 0.594. The minimum Gasteiger partial charge on any atom is -0.485 e. The molecule has 24 heavy (non-hydrogen) atoms. The number of halogens is 4. The highest BCUT2D eigenvalue weighted by atomic mass is 32.2. The summed E-state index contributed by atoms with van der Waals surface area (Å²) in [6, 6.07) is 4.67. The van der Waals surface area contributed by atoms with Gasteiger partial charge in [-0.05, 0) is 24.0 Å². The van der Waals surface area contributed by atoms with Gasteiger partial charge >= 0.3 is 12.3 Å². The van der Waals surface area contributed by atoms with Gasteiger partial charge in [-0.2, -0.15) is 8.78 Å². The fraction of sp³-hybridized carbons (Fsp3) is 0.333. The molecule has 0 saturated carbocycles. The Labute approximate surface area is 140 Å². The molecular formula is C15H15F4N3OS. The number of aromatic nitrogens is 2. The Morgan fingerprint density at radius 2 is 2.00 bits per heavy atom. The second kappa shape index (κ2) is 7.69. The first-order chi connectivity index (χ1) is 11.3. The van der Waals surface area contributed by atoms with Crippen LogP contribution in [0.1, 0.15) is 6.92 Å². The molecule has 2 heterocycles. The lowest BCUT2D eigenvalue weighted by molar-refractivity contribution is -0.148. The number of anilines is 1. The zero-order valence-electron chi connectivity index (χ0n) is 12.7. The molecule has 0 unspecified atom stereocenters. The number of nitrogens with zero attached hydrogens (tertiary/aromatic N) is 2. The monoisotopic (exact) mass is 361 g/mol. The second-order valence-corrected chi connectivity index (χ2v) is 6.08. The number of nitrogen functional groups attached to an aromatic ring is 1. The minimum absolute atomic E-state index is 0.0285. The molecule has 0 aliphatic carbocycles. The van der Waals surface area contributed by atoms with E-state index in [1.807, 2.05) is 6.92 Å². The van der Waals surface area contributed by atoms with E-state index in [-0.39, 0.29) is 5.75 Å². The summed E-state index contributed by atoms with van der Waals surface area (Å²) >= 11 is 1.54. The van der Waals surface area contributed by atoms with Gasteiger partial charge in [-0.25, -0.2) is 8.78 Å². The number of rotatable bonds is 7. The Balaban J connectivity index is 2.15. The third kappa shape index (κ3) is 4.50. The average Bonchev–Trinajstić information content (AvgIpc) is 2.54. The lowest BCUT2D eigenvalue weighted by Crippen LogP contribution is -2.33. The van der Waals surface area contributed by atoms with Crippen LogP contribution >= 0.6 is 11.8 Å². The molecular weight excluding hydrogens is 346 g/mol. The summed E-state index contributed by atoms with van der Waals surface area (Å²) in [5, 5.41) is 0. The average molecular weight is 361 g/mol. The smallest absolute Gasteiger partial charge is 0.340 e. The SMILES string of the molecule is CCSc1cc(N)cnc1-c1ccc(OCC(F)(F)C(F)F)cn1. The molecule has 0 atom stereocenters. The maximum Gasteiger partial charge on any atom is 0.340 e. The highest BCUT2D eigenvalue weighted by molar-refractivity contribution is 7.99. The van der Waals surface area contributed by atoms with Crippen molar-refractivity contribution in [3.05, 3.63) is 30.6 Å². The van der Waals surface area contributed by atoms with Crippen LogP contribution < -0.4 is 10.5 Å². The van der Waals surface area contributed by atoms with E-state index < -0.39 is 19.0 Å². The predicted octanol–water partition coefficient (Wildman–Crippen LogP) is 4.12. The maximum absolute atomic E-state index is 12.8. The first-order valence-corrected chi connectivity index (χ1v) is 7.95. The topological polar surface area (TPSA) is 61.0 Å². The van der Waals surface area contributed by atoms with Crippen LogP contribution in [0.25, 0.3) is 11.4 Å². The summed E-state index contributed by atoms with van der Waals surface area (Å²) in [5.74, 6) is -3.43. The van der Waals surface area contributed by atoms with Crippen molar-refractivity contribution >= 4 is 17.4 Å². The Morgan fingerprint density at radius 3 is 2.58 bits per heavy atom. The number of alkyl halides is 4. The van der Waals surface area contributed by atoms with Crippen LogP contribution in [0.4, 0.5) is 23.2 Å². The lowest BCUT2D eigenvalue weighted by Gasteiger charge is -2.16. The Kier molecular flexibility index (Phi) is 5.87. The number of thioether (sulfide) groups is 1. The molecule has 0 bridgehead atoms. The van der Waals surface area contributed by atoms with E-state index >= 15 is 0 Å². The van der Waals surface area contributed by atoms with E-state index in [0.29, 0.717) is 17.1 Å². The molecule has 130 valence electrons. The molecule has 0 saturated heterocycles. The molecule has 0 radical (unpaired) electrons. The Hall–Kier alpha value is -2.03. The van der Waals surface area contributed by atoms with Gasteiger partial charge in [0.15, 0.2) is 6.61 Å². The van der Waals surface area contributed by atoms with E-state index in [9.17, 15) is 17.6 Å². The van der Waals surface area contributed by atoms with E-state index in [2.05, 4.69) is 14.7 Å². The fourth-order valence-electron chi connectivity index (χ4n) is 1.77. The van der Waals surface area contributed by atoms with Crippen molar-refractivity contribution in [2.24, 2.45) is 0 Å². The van der Waals surface area contributed by atoms with Crippen molar-refractivity contribution in [3.8, 4) is 17.1 Å². The molecule has 0 aliphatic heterocycles. The largest absolute Gasteiger partial charge is 0.485 e. The number of ether oxygens (including phenoxy) is 1. The van der Waals surface area contributed by atoms with Crippen LogP contribution in [0.2, 0.25) is 0 Å². The van der Waals surface area contributed by atoms with Crippen molar-refractivity contribution in [3.63, 3.8) is 0 Å². The van der Waals surface area contributed by atoms with Gasteiger partial charge in [0.05, 0.1) is 23.8 Å². The summed E-state index contributed by atoms with van der Waals surface area (Å²) in [6.07, 6.45) is -1.10. The van der Waals surface area contributed by atoms with Crippen molar-refractivity contribution in [1.29, 1.82) is 0 Å². The van der Waals surface area contributed by atoms with E-state index in [0.717, 1.165) is 10.6 Å². The molecule has 0 aromatic carbocycles. The summed E-state index contributed by atoms with van der Waals surface area (Å²) in [6.45, 7) is 0.563. The van der Waals surface area contributed by atoms with Crippen LogP contribution in [0.5, 0.6) is 5.75 Å². The van der Waals surface area contributed by atoms with Gasteiger partial charge in [-0.3, -0.25) is 9.97 Å². The normalized spacial score (nSPS) is 11.8. The first-order valence-electron chi connectivity index (χ1n) is 6.97. The van der Waals surface area contributed by atoms with Gasteiger partial charge in [0.2, 0.25) is 0 Å². The molecule has 9 heteroatoms. The van der Waals surface area contributed by atoms with Gasteiger partial charge in [-0.1, -0.05) is 6.92 Å². The molecule has 0 amide bonds. The van der Waals surface area contributed by atoms with E-state index in [1.165, 1.54) is 36.3 Å². The zero-order chi connectivity index (χ0) is 17.7. The van der Waals surface area contributed by atoms with Gasteiger partial charge in [0, 0.05) is 4.90 Å². The lowest BCUT2D eigenvalue weighted by atomic mass is 10.2. The van der Waals surface area contributed by atoms with Crippen molar-refractivity contribution in [1.82, 2.24) is 9.97 Å². The van der Waals surface area contributed by atoms with Crippen LogP contribution in [-0.4, -0.2) is 34.7 Å². The van der Waals surface area contributed by atoms with Crippen molar-refractivity contribution in [2.75, 3.05) is 18.1 Å². The van der Waals surface area contributed by atoms with Gasteiger partial charge < -0.3 is 10.5 Å². The Morgan fingerprint density at radius 1 is 1.25 bits per heavy atom. The summed E-state index contributed by atoms with van der Waals surface area (Å²) < 4.78 is 54.5. The molecule has 2 rings (SSSR count). The maximum atomic E-state index is 12.8. The van der Waals surface area contributed by atoms with Crippen molar-refractivity contribution < 1.29 is 22.3 Å². The van der Waals surface area contributed by atoms with Gasteiger partial charge in [-0.15, -0.1) is 11.8 Å². The molecule has 2 aromatic rings.